The Bertz CT molecular complexity index is 408. The quantitative estimate of drug-likeness (QED) is 0.824. The molecule has 0 spiro atoms. The number of hydrogen-bond acceptors (Lipinski definition) is 3. The second-order valence-corrected chi connectivity index (χ2v) is 4.09. The Morgan fingerprint density at radius 2 is 1.82 bits per heavy atom. The minimum absolute atomic E-state index is 0.0212. The van der Waals surface area contributed by atoms with Gasteiger partial charge in [-0.2, -0.15) is 0 Å². The van der Waals surface area contributed by atoms with Gasteiger partial charge >= 0.3 is 0 Å². The first-order valence-electron chi connectivity index (χ1n) is 6.54. The summed E-state index contributed by atoms with van der Waals surface area (Å²) in [5.41, 5.74) is 1.82. The standard InChI is InChI=1S/C13H23N3O/c1-5-9-11-10(6-2)12(17)15-13(14-11)16(7-3)8-4/h5-9H2,1-4H3,(H,14,15,17). The molecule has 0 radical (unpaired) electrons. The molecule has 0 unspecified atom stereocenters. The minimum Gasteiger partial charge on any atom is -0.343 e. The number of anilines is 1. The molecule has 1 aromatic heterocycles. The van der Waals surface area contributed by atoms with E-state index in [0.717, 1.165) is 43.6 Å². The van der Waals surface area contributed by atoms with Gasteiger partial charge < -0.3 is 4.90 Å². The first-order chi connectivity index (χ1) is 8.17. The molecule has 4 heteroatoms. The maximum absolute atomic E-state index is 12.0. The lowest BCUT2D eigenvalue weighted by Gasteiger charge is -2.20. The number of aromatic nitrogens is 2. The summed E-state index contributed by atoms with van der Waals surface area (Å²) in [5, 5.41) is 0. The fraction of sp³-hybridized carbons (Fsp3) is 0.692. The van der Waals surface area contributed by atoms with E-state index in [1.807, 2.05) is 6.92 Å². The van der Waals surface area contributed by atoms with Crippen LogP contribution in [0.3, 0.4) is 0 Å². The fourth-order valence-electron chi connectivity index (χ4n) is 2.01. The normalized spacial score (nSPS) is 10.6. The van der Waals surface area contributed by atoms with Crippen molar-refractivity contribution in [3.63, 3.8) is 0 Å². The van der Waals surface area contributed by atoms with Crippen molar-refractivity contribution in [2.45, 2.75) is 47.0 Å². The van der Waals surface area contributed by atoms with Crippen molar-refractivity contribution in [3.8, 4) is 0 Å². The number of hydrogen-bond donors (Lipinski definition) is 1. The lowest BCUT2D eigenvalue weighted by atomic mass is 10.1. The van der Waals surface area contributed by atoms with Gasteiger partial charge in [0.15, 0.2) is 0 Å². The highest BCUT2D eigenvalue weighted by Crippen LogP contribution is 2.10. The highest BCUT2D eigenvalue weighted by molar-refractivity contribution is 5.33. The van der Waals surface area contributed by atoms with Gasteiger partial charge in [-0.1, -0.05) is 20.3 Å². The largest absolute Gasteiger partial charge is 0.343 e. The van der Waals surface area contributed by atoms with Crippen LogP contribution in [-0.4, -0.2) is 23.1 Å². The molecule has 96 valence electrons. The summed E-state index contributed by atoms with van der Waals surface area (Å²) < 4.78 is 0. The van der Waals surface area contributed by atoms with Crippen molar-refractivity contribution in [2.24, 2.45) is 0 Å². The summed E-state index contributed by atoms with van der Waals surface area (Å²) in [5.74, 6) is 0.709. The fourth-order valence-corrected chi connectivity index (χ4v) is 2.01. The van der Waals surface area contributed by atoms with Crippen LogP contribution < -0.4 is 10.5 Å². The average Bonchev–Trinajstić information content (AvgIpc) is 2.31. The Morgan fingerprint density at radius 1 is 1.18 bits per heavy atom. The molecular weight excluding hydrogens is 214 g/mol. The van der Waals surface area contributed by atoms with Crippen molar-refractivity contribution in [2.75, 3.05) is 18.0 Å². The molecule has 4 nitrogen and oxygen atoms in total. The Morgan fingerprint density at radius 3 is 2.29 bits per heavy atom. The van der Waals surface area contributed by atoms with Crippen LogP contribution in [0.25, 0.3) is 0 Å². The number of aryl methyl sites for hydroxylation is 1. The van der Waals surface area contributed by atoms with E-state index in [1.165, 1.54) is 0 Å². The third-order valence-corrected chi connectivity index (χ3v) is 2.99. The van der Waals surface area contributed by atoms with Crippen LogP contribution in [0.2, 0.25) is 0 Å². The van der Waals surface area contributed by atoms with Gasteiger partial charge in [-0.05, 0) is 26.7 Å². The summed E-state index contributed by atoms with van der Waals surface area (Å²) in [4.78, 5) is 21.5. The lowest BCUT2D eigenvalue weighted by molar-refractivity contribution is 0.776. The van der Waals surface area contributed by atoms with Crippen LogP contribution in [0.5, 0.6) is 0 Å². The average molecular weight is 237 g/mol. The number of nitrogens with zero attached hydrogens (tertiary/aromatic N) is 2. The van der Waals surface area contributed by atoms with Gasteiger partial charge in [0, 0.05) is 18.7 Å². The van der Waals surface area contributed by atoms with Gasteiger partial charge in [0.1, 0.15) is 0 Å². The molecule has 0 atom stereocenters. The lowest BCUT2D eigenvalue weighted by Crippen LogP contribution is -2.29. The Balaban J connectivity index is 3.23. The van der Waals surface area contributed by atoms with Gasteiger partial charge in [0.2, 0.25) is 5.95 Å². The molecule has 0 bridgehead atoms. The molecule has 0 saturated carbocycles. The summed E-state index contributed by atoms with van der Waals surface area (Å²) in [6.07, 6.45) is 2.64. The van der Waals surface area contributed by atoms with E-state index >= 15 is 0 Å². The molecule has 0 amide bonds. The maximum atomic E-state index is 12.0. The summed E-state index contributed by atoms with van der Waals surface area (Å²) in [6, 6.07) is 0. The summed E-state index contributed by atoms with van der Waals surface area (Å²) in [7, 11) is 0. The summed E-state index contributed by atoms with van der Waals surface area (Å²) >= 11 is 0. The minimum atomic E-state index is 0.0212. The Kier molecular flexibility index (Phi) is 5.19. The van der Waals surface area contributed by atoms with Gasteiger partial charge in [-0.25, -0.2) is 4.98 Å². The number of aromatic amines is 1. The molecule has 0 saturated heterocycles. The van der Waals surface area contributed by atoms with Crippen molar-refractivity contribution in [1.29, 1.82) is 0 Å². The predicted octanol–water partition coefficient (Wildman–Crippen LogP) is 2.13. The van der Waals surface area contributed by atoms with Crippen molar-refractivity contribution in [1.82, 2.24) is 9.97 Å². The second kappa shape index (κ2) is 6.42. The Labute approximate surface area is 103 Å². The molecule has 0 fully saturated rings. The van der Waals surface area contributed by atoms with Crippen LogP contribution in [0, 0.1) is 0 Å². The van der Waals surface area contributed by atoms with Crippen molar-refractivity contribution >= 4 is 5.95 Å². The van der Waals surface area contributed by atoms with Crippen LogP contribution in [0.1, 0.15) is 45.4 Å². The van der Waals surface area contributed by atoms with Crippen LogP contribution in [0.4, 0.5) is 5.95 Å². The first kappa shape index (κ1) is 13.7. The summed E-state index contributed by atoms with van der Waals surface area (Å²) in [6.45, 7) is 9.96. The van der Waals surface area contributed by atoms with Gasteiger partial charge in [-0.3, -0.25) is 9.78 Å². The number of H-pyrrole nitrogens is 1. The van der Waals surface area contributed by atoms with Crippen molar-refractivity contribution < 1.29 is 0 Å². The molecule has 0 aliphatic rings. The van der Waals surface area contributed by atoms with E-state index in [0.29, 0.717) is 5.95 Å². The molecule has 1 heterocycles. The van der Waals surface area contributed by atoms with E-state index in [1.54, 1.807) is 0 Å². The molecule has 1 rings (SSSR count). The zero-order valence-electron chi connectivity index (χ0n) is 11.3. The molecule has 1 N–H and O–H groups in total. The molecule has 1 aromatic rings. The zero-order valence-corrected chi connectivity index (χ0v) is 11.3. The van der Waals surface area contributed by atoms with E-state index in [2.05, 4.69) is 35.6 Å². The highest BCUT2D eigenvalue weighted by atomic mass is 16.1. The van der Waals surface area contributed by atoms with E-state index in [-0.39, 0.29) is 5.56 Å². The zero-order chi connectivity index (χ0) is 12.8. The maximum Gasteiger partial charge on any atom is 0.255 e. The highest BCUT2D eigenvalue weighted by Gasteiger charge is 2.12. The van der Waals surface area contributed by atoms with Crippen molar-refractivity contribution in [3.05, 3.63) is 21.6 Å². The predicted molar refractivity (Wildman–Crippen MR) is 71.8 cm³/mol. The SMILES string of the molecule is CCCc1nc(N(CC)CC)[nH]c(=O)c1CC. The van der Waals surface area contributed by atoms with Crippen LogP contribution in [0.15, 0.2) is 4.79 Å². The van der Waals surface area contributed by atoms with Crippen LogP contribution in [-0.2, 0) is 12.8 Å². The second-order valence-electron chi connectivity index (χ2n) is 4.09. The monoisotopic (exact) mass is 237 g/mol. The molecular formula is C13H23N3O. The number of nitrogens with one attached hydrogen (secondary N) is 1. The molecule has 0 aliphatic carbocycles. The first-order valence-corrected chi connectivity index (χ1v) is 6.54. The van der Waals surface area contributed by atoms with Gasteiger partial charge in [0.25, 0.3) is 5.56 Å². The Hall–Kier alpha value is -1.32. The third-order valence-electron chi connectivity index (χ3n) is 2.99. The topological polar surface area (TPSA) is 49.0 Å². The molecule has 0 aromatic carbocycles. The molecule has 0 aliphatic heterocycles. The molecule has 17 heavy (non-hydrogen) atoms. The van der Waals surface area contributed by atoms with Gasteiger partial charge in [0.05, 0.1) is 5.69 Å². The number of rotatable bonds is 6. The van der Waals surface area contributed by atoms with E-state index in [4.69, 9.17) is 0 Å². The van der Waals surface area contributed by atoms with E-state index < -0.39 is 0 Å². The van der Waals surface area contributed by atoms with E-state index in [9.17, 15) is 4.79 Å². The third kappa shape index (κ3) is 3.08. The smallest absolute Gasteiger partial charge is 0.255 e. The van der Waals surface area contributed by atoms with Crippen LogP contribution >= 0.6 is 0 Å². The van der Waals surface area contributed by atoms with Gasteiger partial charge in [-0.15, -0.1) is 0 Å².